The van der Waals surface area contributed by atoms with Crippen LogP contribution in [0.25, 0.3) is 0 Å². The average Bonchev–Trinajstić information content (AvgIpc) is 2.79. The lowest BCUT2D eigenvalue weighted by Gasteiger charge is -2.11. The Hall–Kier alpha value is -3.47. The predicted molar refractivity (Wildman–Crippen MR) is 95.8 cm³/mol. The van der Waals surface area contributed by atoms with E-state index in [0.29, 0.717) is 29.2 Å². The van der Waals surface area contributed by atoms with Gasteiger partial charge in [-0.15, -0.1) is 4.91 Å². The van der Waals surface area contributed by atoms with Crippen LogP contribution in [0.4, 0.5) is 17.1 Å². The highest BCUT2D eigenvalue weighted by atomic mass is 16.5. The van der Waals surface area contributed by atoms with Gasteiger partial charge in [0.25, 0.3) is 0 Å². The van der Waals surface area contributed by atoms with Crippen molar-refractivity contribution in [1.29, 1.82) is 0 Å². The van der Waals surface area contributed by atoms with Crippen LogP contribution >= 0.6 is 0 Å². The summed E-state index contributed by atoms with van der Waals surface area (Å²) in [5.74, 6) is 0.498. The van der Waals surface area contributed by atoms with Gasteiger partial charge in [-0.2, -0.15) is 0 Å². The van der Waals surface area contributed by atoms with E-state index in [0.717, 1.165) is 16.9 Å². The second kappa shape index (κ2) is 6.20. The lowest BCUT2D eigenvalue weighted by Crippen LogP contribution is -2.02. The van der Waals surface area contributed by atoms with Crippen molar-refractivity contribution in [3.8, 4) is 5.75 Å². The summed E-state index contributed by atoms with van der Waals surface area (Å²) in [7, 11) is 0. The number of carbonyl (C=O) groups is 1. The number of ketones is 1. The SMILES string of the molecule is O=Nc1cccc(Nc2ccc3c(c2)OCc2ccccc2C3=O)c1. The summed E-state index contributed by atoms with van der Waals surface area (Å²) >= 11 is 0. The molecule has 0 bridgehead atoms. The van der Waals surface area contributed by atoms with Crippen LogP contribution in [0.15, 0.2) is 71.9 Å². The first kappa shape index (κ1) is 15.1. The topological polar surface area (TPSA) is 67.8 Å². The fourth-order valence-electron chi connectivity index (χ4n) is 2.88. The highest BCUT2D eigenvalue weighted by Gasteiger charge is 2.22. The third-order valence-corrected chi connectivity index (χ3v) is 4.11. The summed E-state index contributed by atoms with van der Waals surface area (Å²) in [6.45, 7) is 0.350. The Morgan fingerprint density at radius 2 is 1.72 bits per heavy atom. The monoisotopic (exact) mass is 330 g/mol. The first-order valence-electron chi connectivity index (χ1n) is 7.84. The van der Waals surface area contributed by atoms with Crippen LogP contribution in [-0.4, -0.2) is 5.78 Å². The largest absolute Gasteiger partial charge is 0.488 e. The molecule has 0 unspecified atom stereocenters. The molecule has 0 atom stereocenters. The number of anilines is 2. The van der Waals surface area contributed by atoms with Crippen LogP contribution in [0.3, 0.4) is 0 Å². The molecule has 25 heavy (non-hydrogen) atoms. The minimum absolute atomic E-state index is 0.0400. The van der Waals surface area contributed by atoms with Crippen LogP contribution in [0.2, 0.25) is 0 Å². The Balaban J connectivity index is 1.67. The zero-order valence-electron chi connectivity index (χ0n) is 13.2. The molecule has 1 aliphatic rings. The molecule has 0 saturated carbocycles. The van der Waals surface area contributed by atoms with Gasteiger partial charge < -0.3 is 10.1 Å². The molecule has 0 saturated heterocycles. The smallest absolute Gasteiger partial charge is 0.197 e. The zero-order chi connectivity index (χ0) is 17.2. The maximum absolute atomic E-state index is 12.7. The third-order valence-electron chi connectivity index (χ3n) is 4.11. The number of fused-ring (bicyclic) bond motifs is 2. The van der Waals surface area contributed by atoms with E-state index in [9.17, 15) is 9.70 Å². The van der Waals surface area contributed by atoms with Crippen molar-refractivity contribution in [2.75, 3.05) is 5.32 Å². The highest BCUT2D eigenvalue weighted by Crippen LogP contribution is 2.32. The van der Waals surface area contributed by atoms with Crippen molar-refractivity contribution in [2.45, 2.75) is 6.61 Å². The second-order valence-electron chi connectivity index (χ2n) is 5.75. The van der Waals surface area contributed by atoms with Crippen molar-refractivity contribution in [3.63, 3.8) is 0 Å². The normalized spacial score (nSPS) is 12.4. The summed E-state index contributed by atoms with van der Waals surface area (Å²) in [6, 6.07) is 19.7. The fraction of sp³-hybridized carbons (Fsp3) is 0.0500. The molecule has 1 heterocycles. The van der Waals surface area contributed by atoms with Crippen molar-refractivity contribution in [2.24, 2.45) is 5.18 Å². The van der Waals surface area contributed by atoms with E-state index in [1.54, 1.807) is 30.3 Å². The predicted octanol–water partition coefficient (Wildman–Crippen LogP) is 4.95. The van der Waals surface area contributed by atoms with Gasteiger partial charge in [-0.25, -0.2) is 0 Å². The van der Waals surface area contributed by atoms with Gasteiger partial charge in [0.1, 0.15) is 18.0 Å². The van der Waals surface area contributed by atoms with E-state index in [1.807, 2.05) is 36.4 Å². The maximum Gasteiger partial charge on any atom is 0.197 e. The Morgan fingerprint density at radius 3 is 2.60 bits per heavy atom. The van der Waals surface area contributed by atoms with Gasteiger partial charge in [0, 0.05) is 28.6 Å². The third kappa shape index (κ3) is 2.87. The molecule has 3 aromatic rings. The van der Waals surface area contributed by atoms with Crippen LogP contribution in [0.1, 0.15) is 21.5 Å². The number of ether oxygens (including phenoxy) is 1. The Labute approximate surface area is 144 Å². The molecule has 0 fully saturated rings. The zero-order valence-corrected chi connectivity index (χ0v) is 13.2. The maximum atomic E-state index is 12.7. The van der Waals surface area contributed by atoms with Crippen molar-refractivity contribution < 1.29 is 9.53 Å². The molecule has 0 aliphatic carbocycles. The van der Waals surface area contributed by atoms with Crippen LogP contribution in [0, 0.1) is 4.91 Å². The minimum Gasteiger partial charge on any atom is -0.488 e. The number of benzene rings is 3. The lowest BCUT2D eigenvalue weighted by atomic mass is 9.99. The molecule has 5 heteroatoms. The van der Waals surface area contributed by atoms with Gasteiger partial charge in [-0.1, -0.05) is 30.3 Å². The average molecular weight is 330 g/mol. The molecule has 3 aromatic carbocycles. The first-order valence-corrected chi connectivity index (χ1v) is 7.84. The number of nitrogens with zero attached hydrogens (tertiary/aromatic N) is 1. The Bertz CT molecular complexity index is 982. The summed E-state index contributed by atoms with van der Waals surface area (Å²) in [5.41, 5.74) is 3.94. The number of rotatable bonds is 3. The van der Waals surface area contributed by atoms with E-state index in [4.69, 9.17) is 4.74 Å². The van der Waals surface area contributed by atoms with Gasteiger partial charge in [0.15, 0.2) is 5.78 Å². The number of hydrogen-bond donors (Lipinski definition) is 1. The molecule has 4 rings (SSSR count). The number of nitroso groups, excluding NO2 is 1. The van der Waals surface area contributed by atoms with Crippen LogP contribution < -0.4 is 10.1 Å². The highest BCUT2D eigenvalue weighted by molar-refractivity contribution is 6.12. The van der Waals surface area contributed by atoms with Crippen molar-refractivity contribution in [3.05, 3.63) is 88.3 Å². The van der Waals surface area contributed by atoms with Crippen molar-refractivity contribution in [1.82, 2.24) is 0 Å². The quantitative estimate of drug-likeness (QED) is 0.690. The lowest BCUT2D eigenvalue weighted by molar-refractivity contribution is 0.103. The molecule has 0 radical (unpaired) electrons. The molecule has 122 valence electrons. The number of hydrogen-bond acceptors (Lipinski definition) is 5. The van der Waals surface area contributed by atoms with Gasteiger partial charge in [-0.3, -0.25) is 4.79 Å². The first-order chi connectivity index (χ1) is 12.2. The molecule has 1 N–H and O–H groups in total. The van der Waals surface area contributed by atoms with Gasteiger partial charge in [0.2, 0.25) is 0 Å². The Kier molecular flexibility index (Phi) is 3.74. The fourth-order valence-corrected chi connectivity index (χ4v) is 2.88. The van der Waals surface area contributed by atoms with E-state index in [1.165, 1.54) is 0 Å². The summed E-state index contributed by atoms with van der Waals surface area (Å²) in [5, 5.41) is 6.12. The summed E-state index contributed by atoms with van der Waals surface area (Å²) < 4.78 is 5.84. The minimum atomic E-state index is -0.0400. The van der Waals surface area contributed by atoms with E-state index in [2.05, 4.69) is 10.5 Å². The van der Waals surface area contributed by atoms with E-state index in [-0.39, 0.29) is 5.78 Å². The van der Waals surface area contributed by atoms with E-state index < -0.39 is 0 Å². The molecule has 0 amide bonds. The second-order valence-corrected chi connectivity index (χ2v) is 5.75. The van der Waals surface area contributed by atoms with Crippen LogP contribution in [0.5, 0.6) is 5.75 Å². The number of nitrogens with one attached hydrogen (secondary N) is 1. The Morgan fingerprint density at radius 1 is 0.880 bits per heavy atom. The summed E-state index contributed by atoms with van der Waals surface area (Å²) in [6.07, 6.45) is 0. The molecular formula is C20H14N2O3. The van der Waals surface area contributed by atoms with Gasteiger partial charge in [0.05, 0.1) is 5.56 Å². The van der Waals surface area contributed by atoms with E-state index >= 15 is 0 Å². The summed E-state index contributed by atoms with van der Waals surface area (Å²) in [4.78, 5) is 23.4. The van der Waals surface area contributed by atoms with Gasteiger partial charge >= 0.3 is 0 Å². The van der Waals surface area contributed by atoms with Crippen molar-refractivity contribution >= 4 is 22.8 Å². The standard InChI is InChI=1S/C20H14N2O3/c23-20-17-7-2-1-4-13(17)12-25-19-11-15(8-9-18(19)20)21-14-5-3-6-16(10-14)22-24/h1-11,21H,12H2. The van der Waals surface area contributed by atoms with Gasteiger partial charge in [-0.05, 0) is 35.5 Å². The molecule has 0 spiro atoms. The molecular weight excluding hydrogens is 316 g/mol. The molecule has 5 nitrogen and oxygen atoms in total. The number of carbonyl (C=O) groups excluding carboxylic acids is 1. The van der Waals surface area contributed by atoms with Crippen LogP contribution in [-0.2, 0) is 6.61 Å². The molecule has 0 aromatic heterocycles. The molecule has 1 aliphatic heterocycles.